The zero-order valence-electron chi connectivity index (χ0n) is 11.9. The fourth-order valence-corrected chi connectivity index (χ4v) is 3.59. The van der Waals surface area contributed by atoms with Gasteiger partial charge in [-0.05, 0) is 12.5 Å². The van der Waals surface area contributed by atoms with E-state index < -0.39 is 11.9 Å². The molecule has 23 heavy (non-hydrogen) atoms. The Morgan fingerprint density at radius 2 is 2.22 bits per heavy atom. The molecule has 4 heterocycles. The predicted octanol–water partition coefficient (Wildman–Crippen LogP) is 3.21. The standard InChI is InChI=1S/C13H11F3N4O2S/c1-20-12-7(9(18-20)13(14,15)16)4-8(23-12)11-17-10(19-22-11)6-2-3-21-5-6/h4,6H,2-3,5H2,1H3. The molecule has 0 bridgehead atoms. The number of aryl methyl sites for hydroxylation is 1. The molecule has 0 aliphatic carbocycles. The maximum absolute atomic E-state index is 13.0. The summed E-state index contributed by atoms with van der Waals surface area (Å²) in [5.74, 6) is 0.833. The van der Waals surface area contributed by atoms with E-state index in [1.165, 1.54) is 17.8 Å². The minimum absolute atomic E-state index is 0.0453. The van der Waals surface area contributed by atoms with Gasteiger partial charge in [-0.2, -0.15) is 23.3 Å². The summed E-state index contributed by atoms with van der Waals surface area (Å²) < 4.78 is 50.7. The number of fused-ring (bicyclic) bond motifs is 1. The van der Waals surface area contributed by atoms with Gasteiger partial charge in [-0.3, -0.25) is 4.68 Å². The van der Waals surface area contributed by atoms with Crippen LogP contribution in [0.15, 0.2) is 10.6 Å². The zero-order chi connectivity index (χ0) is 16.2. The third kappa shape index (κ3) is 2.41. The van der Waals surface area contributed by atoms with Crippen molar-refractivity contribution in [3.8, 4) is 10.8 Å². The second-order valence-electron chi connectivity index (χ2n) is 5.32. The third-order valence-corrected chi connectivity index (χ3v) is 4.92. The molecular weight excluding hydrogens is 333 g/mol. The summed E-state index contributed by atoms with van der Waals surface area (Å²) in [7, 11) is 1.48. The van der Waals surface area contributed by atoms with Crippen LogP contribution >= 0.6 is 11.3 Å². The molecule has 0 radical (unpaired) electrons. The molecule has 0 N–H and O–H groups in total. The Morgan fingerprint density at radius 1 is 1.39 bits per heavy atom. The van der Waals surface area contributed by atoms with Gasteiger partial charge < -0.3 is 9.26 Å². The van der Waals surface area contributed by atoms with Gasteiger partial charge in [-0.1, -0.05) is 5.16 Å². The van der Waals surface area contributed by atoms with E-state index in [0.717, 1.165) is 17.8 Å². The molecule has 10 heteroatoms. The van der Waals surface area contributed by atoms with E-state index in [1.54, 1.807) is 0 Å². The number of rotatable bonds is 2. The fraction of sp³-hybridized carbons (Fsp3) is 0.462. The molecule has 4 rings (SSSR count). The van der Waals surface area contributed by atoms with Gasteiger partial charge >= 0.3 is 6.18 Å². The lowest BCUT2D eigenvalue weighted by Gasteiger charge is -2.00. The molecule has 3 aromatic rings. The molecule has 1 aliphatic rings. The van der Waals surface area contributed by atoms with Crippen LogP contribution in [0.25, 0.3) is 21.0 Å². The van der Waals surface area contributed by atoms with Crippen LogP contribution in [0.2, 0.25) is 0 Å². The summed E-state index contributed by atoms with van der Waals surface area (Å²) in [4.78, 5) is 5.21. The van der Waals surface area contributed by atoms with Crippen LogP contribution in [0.3, 0.4) is 0 Å². The van der Waals surface area contributed by atoms with Gasteiger partial charge in [0.1, 0.15) is 4.83 Å². The summed E-state index contributed by atoms with van der Waals surface area (Å²) in [5, 5.41) is 7.51. The number of nitrogens with zero attached hydrogens (tertiary/aromatic N) is 4. The smallest absolute Gasteiger partial charge is 0.381 e. The highest BCUT2D eigenvalue weighted by Gasteiger charge is 2.37. The molecule has 1 fully saturated rings. The van der Waals surface area contributed by atoms with Gasteiger partial charge in [0.2, 0.25) is 0 Å². The monoisotopic (exact) mass is 344 g/mol. The Hall–Kier alpha value is -1.94. The van der Waals surface area contributed by atoms with E-state index in [4.69, 9.17) is 9.26 Å². The van der Waals surface area contributed by atoms with E-state index in [9.17, 15) is 13.2 Å². The van der Waals surface area contributed by atoms with Gasteiger partial charge in [-0.15, -0.1) is 11.3 Å². The van der Waals surface area contributed by atoms with Crippen LogP contribution in [0.1, 0.15) is 23.9 Å². The zero-order valence-corrected chi connectivity index (χ0v) is 12.7. The molecule has 6 nitrogen and oxygen atoms in total. The van der Waals surface area contributed by atoms with Gasteiger partial charge in [-0.25, -0.2) is 0 Å². The molecular formula is C13H11F3N4O2S. The van der Waals surface area contributed by atoms with Crippen LogP contribution in [-0.2, 0) is 18.0 Å². The first-order chi connectivity index (χ1) is 10.9. The van der Waals surface area contributed by atoms with Crippen molar-refractivity contribution in [2.75, 3.05) is 13.2 Å². The van der Waals surface area contributed by atoms with Crippen molar-refractivity contribution < 1.29 is 22.4 Å². The average Bonchev–Trinajstić information content (AvgIpc) is 3.23. The first kappa shape index (κ1) is 14.6. The number of hydrogen-bond donors (Lipinski definition) is 0. The molecule has 0 spiro atoms. The number of thiophene rings is 1. The highest BCUT2D eigenvalue weighted by Crippen LogP contribution is 2.40. The number of aromatic nitrogens is 4. The quantitative estimate of drug-likeness (QED) is 0.714. The summed E-state index contributed by atoms with van der Waals surface area (Å²) in [6.45, 7) is 1.19. The van der Waals surface area contributed by atoms with Crippen LogP contribution in [-0.4, -0.2) is 33.1 Å². The number of halogens is 3. The van der Waals surface area contributed by atoms with Crippen molar-refractivity contribution in [3.63, 3.8) is 0 Å². The lowest BCUT2D eigenvalue weighted by molar-refractivity contribution is -0.140. The third-order valence-electron chi connectivity index (χ3n) is 3.73. The highest BCUT2D eigenvalue weighted by molar-refractivity contribution is 7.21. The summed E-state index contributed by atoms with van der Waals surface area (Å²) in [6, 6.07) is 1.40. The van der Waals surface area contributed by atoms with E-state index >= 15 is 0 Å². The van der Waals surface area contributed by atoms with E-state index in [2.05, 4.69) is 15.2 Å². The fourth-order valence-electron chi connectivity index (χ4n) is 2.59. The topological polar surface area (TPSA) is 66.0 Å². The molecule has 0 aromatic carbocycles. The van der Waals surface area contributed by atoms with Crippen molar-refractivity contribution in [1.29, 1.82) is 0 Å². The highest BCUT2D eigenvalue weighted by atomic mass is 32.1. The maximum Gasteiger partial charge on any atom is 0.435 e. The minimum Gasteiger partial charge on any atom is -0.381 e. The van der Waals surface area contributed by atoms with Crippen molar-refractivity contribution in [2.45, 2.75) is 18.5 Å². The first-order valence-corrected chi connectivity index (χ1v) is 7.70. The number of ether oxygens (including phenoxy) is 1. The lowest BCUT2D eigenvalue weighted by Crippen LogP contribution is -2.07. The normalized spacial score (nSPS) is 19.0. The summed E-state index contributed by atoms with van der Waals surface area (Å²) >= 11 is 1.14. The first-order valence-electron chi connectivity index (χ1n) is 6.89. The lowest BCUT2D eigenvalue weighted by atomic mass is 10.1. The second kappa shape index (κ2) is 5.03. The molecule has 0 amide bonds. The van der Waals surface area contributed by atoms with Crippen LogP contribution in [0, 0.1) is 0 Å². The Labute approximate surface area is 131 Å². The molecule has 122 valence electrons. The van der Waals surface area contributed by atoms with Crippen LogP contribution < -0.4 is 0 Å². The van der Waals surface area contributed by atoms with Crippen molar-refractivity contribution >= 4 is 21.6 Å². The summed E-state index contributed by atoms with van der Waals surface area (Å²) in [6.07, 6.45) is -3.69. The van der Waals surface area contributed by atoms with Crippen molar-refractivity contribution in [3.05, 3.63) is 17.6 Å². The minimum atomic E-state index is -4.50. The molecule has 3 aromatic heterocycles. The second-order valence-corrected chi connectivity index (χ2v) is 6.35. The molecule has 1 atom stereocenters. The largest absolute Gasteiger partial charge is 0.435 e. The van der Waals surface area contributed by atoms with Gasteiger partial charge in [0.15, 0.2) is 11.5 Å². The Kier molecular flexibility index (Phi) is 3.20. The van der Waals surface area contributed by atoms with Crippen molar-refractivity contribution in [2.24, 2.45) is 7.05 Å². The SMILES string of the molecule is Cn1nc(C(F)(F)F)c2cc(-c3nc(C4CCOC4)no3)sc21. The summed E-state index contributed by atoms with van der Waals surface area (Å²) in [5.41, 5.74) is -0.901. The van der Waals surface area contributed by atoms with Crippen LogP contribution in [0.5, 0.6) is 0 Å². The predicted molar refractivity (Wildman–Crippen MR) is 75.1 cm³/mol. The Balaban J connectivity index is 1.75. The molecule has 1 unspecified atom stereocenters. The Bertz CT molecular complexity index is 860. The molecule has 1 saturated heterocycles. The molecule has 0 saturated carbocycles. The maximum atomic E-state index is 13.0. The van der Waals surface area contributed by atoms with E-state index in [-0.39, 0.29) is 17.2 Å². The van der Waals surface area contributed by atoms with E-state index in [0.29, 0.717) is 28.7 Å². The van der Waals surface area contributed by atoms with Crippen molar-refractivity contribution in [1.82, 2.24) is 19.9 Å². The van der Waals surface area contributed by atoms with Crippen LogP contribution in [0.4, 0.5) is 13.2 Å². The van der Waals surface area contributed by atoms with E-state index in [1.807, 2.05) is 0 Å². The Morgan fingerprint density at radius 3 is 2.91 bits per heavy atom. The number of alkyl halides is 3. The van der Waals surface area contributed by atoms with Gasteiger partial charge in [0, 0.05) is 25.0 Å². The number of hydrogen-bond acceptors (Lipinski definition) is 6. The van der Waals surface area contributed by atoms with Gasteiger partial charge in [0.05, 0.1) is 11.5 Å². The average molecular weight is 344 g/mol. The molecule has 1 aliphatic heterocycles. The van der Waals surface area contributed by atoms with Gasteiger partial charge in [0.25, 0.3) is 5.89 Å².